The minimum atomic E-state index is -0.782. The van der Waals surface area contributed by atoms with Crippen molar-refractivity contribution in [2.45, 2.75) is 258 Å². The van der Waals surface area contributed by atoms with Gasteiger partial charge in [-0.1, -0.05) is 211 Å². The molecule has 0 aliphatic heterocycles. The van der Waals surface area contributed by atoms with E-state index in [1.54, 1.807) is 0 Å². The maximum Gasteiger partial charge on any atom is 0.306 e. The molecule has 6 nitrogen and oxygen atoms in total. The molecule has 0 saturated carbocycles. The van der Waals surface area contributed by atoms with Crippen molar-refractivity contribution in [3.63, 3.8) is 0 Å². The van der Waals surface area contributed by atoms with E-state index in [1.165, 1.54) is 103 Å². The summed E-state index contributed by atoms with van der Waals surface area (Å²) >= 11 is 0. The van der Waals surface area contributed by atoms with Crippen molar-refractivity contribution < 1.29 is 28.6 Å². The smallest absolute Gasteiger partial charge is 0.306 e. The number of unbranched alkanes of at least 4 members (excludes halogenated alkanes) is 27. The molecule has 0 aromatic carbocycles. The number of ether oxygens (including phenoxy) is 3. The Hall–Kier alpha value is -2.63. The van der Waals surface area contributed by atoms with Gasteiger partial charge in [0, 0.05) is 19.3 Å². The normalized spacial score (nSPS) is 12.4. The number of carbonyl (C=O) groups is 3. The second-order valence-electron chi connectivity index (χ2n) is 16.7. The molecule has 0 spiro atoms. The molecule has 342 valence electrons. The maximum atomic E-state index is 12.7. The summed E-state index contributed by atoms with van der Waals surface area (Å²) in [5.74, 6) is -0.909. The molecule has 0 rings (SSSR count). The number of carbonyl (C=O) groups excluding carboxylic acids is 3. The molecule has 0 fully saturated rings. The quantitative estimate of drug-likeness (QED) is 0.0200. The van der Waals surface area contributed by atoms with Crippen LogP contribution in [0.25, 0.3) is 0 Å². The van der Waals surface area contributed by atoms with E-state index >= 15 is 0 Å². The van der Waals surface area contributed by atoms with Gasteiger partial charge < -0.3 is 14.2 Å². The van der Waals surface area contributed by atoms with Crippen molar-refractivity contribution in [2.75, 3.05) is 13.2 Å². The summed E-state index contributed by atoms with van der Waals surface area (Å²) in [6, 6.07) is 0. The van der Waals surface area contributed by atoms with Crippen LogP contribution in [0.4, 0.5) is 0 Å². The molecule has 0 radical (unpaired) electrons. The van der Waals surface area contributed by atoms with Gasteiger partial charge in [-0.2, -0.15) is 0 Å². The molecule has 0 aliphatic carbocycles. The van der Waals surface area contributed by atoms with Gasteiger partial charge in [0.2, 0.25) is 0 Å². The zero-order valence-electron chi connectivity index (χ0n) is 39.0. The first-order valence-corrected chi connectivity index (χ1v) is 25.2. The van der Waals surface area contributed by atoms with Crippen molar-refractivity contribution in [1.82, 2.24) is 0 Å². The Kier molecular flexibility index (Phi) is 45.9. The molecule has 0 bridgehead atoms. The average molecular weight is 827 g/mol. The second-order valence-corrected chi connectivity index (χ2v) is 16.7. The fourth-order valence-electron chi connectivity index (χ4n) is 7.06. The number of hydrogen-bond acceptors (Lipinski definition) is 6. The fourth-order valence-corrected chi connectivity index (χ4v) is 7.06. The lowest BCUT2D eigenvalue weighted by atomic mass is 10.1. The third-order valence-electron chi connectivity index (χ3n) is 10.8. The summed E-state index contributed by atoms with van der Waals surface area (Å²) in [5.41, 5.74) is 0. The summed E-state index contributed by atoms with van der Waals surface area (Å²) < 4.78 is 16.7. The minimum absolute atomic E-state index is 0.0823. The largest absolute Gasteiger partial charge is 0.462 e. The van der Waals surface area contributed by atoms with Gasteiger partial charge in [0.15, 0.2) is 6.10 Å². The molecular weight excluding hydrogens is 733 g/mol. The molecular formula is C53H94O6. The molecule has 0 aromatic rings. The highest BCUT2D eigenvalue weighted by Crippen LogP contribution is 2.14. The first kappa shape index (κ1) is 56.4. The molecule has 6 heteroatoms. The van der Waals surface area contributed by atoms with Crippen LogP contribution in [-0.2, 0) is 28.6 Å². The van der Waals surface area contributed by atoms with E-state index in [2.05, 4.69) is 69.4 Å². The van der Waals surface area contributed by atoms with E-state index in [0.29, 0.717) is 19.3 Å². The third kappa shape index (κ3) is 46.3. The molecule has 0 saturated heterocycles. The standard InChI is InChI=1S/C53H94O6/c1-4-7-10-13-16-19-22-24-25-26-27-28-29-32-34-37-40-43-46-52(55)58-49-50(48-57-51(54)45-42-39-36-33-30-21-18-15-12-9-6-3)59-53(56)47-44-41-38-35-31-23-20-17-14-11-8-5-2/h8,11,17,20,25-28,50H,4-7,9-10,12-16,18-19,21-24,29-49H2,1-3H3/b11-8-,20-17-,26-25-,28-27-. The zero-order valence-corrected chi connectivity index (χ0v) is 39.0. The molecule has 59 heavy (non-hydrogen) atoms. The van der Waals surface area contributed by atoms with Gasteiger partial charge in [0.1, 0.15) is 13.2 Å². The van der Waals surface area contributed by atoms with Crippen LogP contribution >= 0.6 is 0 Å². The van der Waals surface area contributed by atoms with Gasteiger partial charge in [0.05, 0.1) is 0 Å². The van der Waals surface area contributed by atoms with Crippen LogP contribution in [0.15, 0.2) is 48.6 Å². The highest BCUT2D eigenvalue weighted by molar-refractivity contribution is 5.71. The average Bonchev–Trinajstić information content (AvgIpc) is 3.23. The van der Waals surface area contributed by atoms with Gasteiger partial charge in [-0.05, 0) is 70.6 Å². The Bertz CT molecular complexity index is 1040. The number of rotatable bonds is 45. The van der Waals surface area contributed by atoms with Crippen molar-refractivity contribution in [1.29, 1.82) is 0 Å². The van der Waals surface area contributed by atoms with Crippen LogP contribution in [0.3, 0.4) is 0 Å². The minimum Gasteiger partial charge on any atom is -0.462 e. The van der Waals surface area contributed by atoms with E-state index in [0.717, 1.165) is 109 Å². The number of esters is 3. The first-order valence-electron chi connectivity index (χ1n) is 25.2. The Morgan fingerprint density at radius 1 is 0.373 bits per heavy atom. The molecule has 1 atom stereocenters. The topological polar surface area (TPSA) is 78.9 Å². The van der Waals surface area contributed by atoms with Crippen molar-refractivity contribution in [3.05, 3.63) is 48.6 Å². The summed E-state index contributed by atoms with van der Waals surface area (Å²) in [6.07, 6.45) is 56.7. The van der Waals surface area contributed by atoms with Crippen molar-refractivity contribution in [2.24, 2.45) is 0 Å². The molecule has 0 aromatic heterocycles. The van der Waals surface area contributed by atoms with E-state index in [9.17, 15) is 14.4 Å². The zero-order chi connectivity index (χ0) is 43.0. The highest BCUT2D eigenvalue weighted by atomic mass is 16.6. The number of hydrogen-bond donors (Lipinski definition) is 0. The van der Waals surface area contributed by atoms with Crippen LogP contribution < -0.4 is 0 Å². The van der Waals surface area contributed by atoms with Crippen LogP contribution in [0.1, 0.15) is 252 Å². The Morgan fingerprint density at radius 3 is 1.12 bits per heavy atom. The number of allylic oxidation sites excluding steroid dienone is 8. The predicted octanol–water partition coefficient (Wildman–Crippen LogP) is 16.3. The summed E-state index contributed by atoms with van der Waals surface area (Å²) in [4.78, 5) is 37.8. The van der Waals surface area contributed by atoms with Gasteiger partial charge >= 0.3 is 17.9 Å². The maximum absolute atomic E-state index is 12.7. The van der Waals surface area contributed by atoms with E-state index in [4.69, 9.17) is 14.2 Å². The fraction of sp³-hybridized carbons (Fsp3) is 0.792. The third-order valence-corrected chi connectivity index (χ3v) is 10.8. The second kappa shape index (κ2) is 48.0. The van der Waals surface area contributed by atoms with Crippen LogP contribution in [0, 0.1) is 0 Å². The predicted molar refractivity (Wildman–Crippen MR) is 252 cm³/mol. The monoisotopic (exact) mass is 827 g/mol. The van der Waals surface area contributed by atoms with Crippen molar-refractivity contribution in [3.8, 4) is 0 Å². The summed E-state index contributed by atoms with van der Waals surface area (Å²) in [7, 11) is 0. The Labute approximate surface area is 365 Å². The molecule has 0 amide bonds. The Balaban J connectivity index is 4.36. The van der Waals surface area contributed by atoms with Crippen molar-refractivity contribution >= 4 is 17.9 Å². The van der Waals surface area contributed by atoms with Gasteiger partial charge in [-0.15, -0.1) is 0 Å². The van der Waals surface area contributed by atoms with Crippen LogP contribution in [0.5, 0.6) is 0 Å². The lowest BCUT2D eigenvalue weighted by molar-refractivity contribution is -0.167. The van der Waals surface area contributed by atoms with Gasteiger partial charge in [-0.25, -0.2) is 0 Å². The molecule has 0 aliphatic rings. The molecule has 0 heterocycles. The van der Waals surface area contributed by atoms with Crippen LogP contribution in [0.2, 0.25) is 0 Å². The lowest BCUT2D eigenvalue weighted by Crippen LogP contribution is -2.30. The molecule has 1 unspecified atom stereocenters. The lowest BCUT2D eigenvalue weighted by Gasteiger charge is -2.18. The van der Waals surface area contributed by atoms with E-state index < -0.39 is 6.10 Å². The Morgan fingerprint density at radius 2 is 0.712 bits per heavy atom. The van der Waals surface area contributed by atoms with Gasteiger partial charge in [-0.3, -0.25) is 14.4 Å². The van der Waals surface area contributed by atoms with Crippen LogP contribution in [-0.4, -0.2) is 37.2 Å². The van der Waals surface area contributed by atoms with E-state index in [-0.39, 0.29) is 31.1 Å². The molecule has 0 N–H and O–H groups in total. The highest BCUT2D eigenvalue weighted by Gasteiger charge is 2.19. The summed E-state index contributed by atoms with van der Waals surface area (Å²) in [5, 5.41) is 0. The first-order chi connectivity index (χ1) is 29.0. The van der Waals surface area contributed by atoms with Gasteiger partial charge in [0.25, 0.3) is 0 Å². The SMILES string of the molecule is CC/C=C\C/C=C\CCCCCCCC(=O)OC(COC(=O)CCCCCCC/C=C\C=C/CCCCCCCCC)COC(=O)CCCCCCCCCCCCC. The van der Waals surface area contributed by atoms with E-state index in [1.807, 2.05) is 0 Å². The summed E-state index contributed by atoms with van der Waals surface area (Å²) in [6.45, 7) is 6.50.